The summed E-state index contributed by atoms with van der Waals surface area (Å²) in [5, 5.41) is 9.82. The highest BCUT2D eigenvalue weighted by molar-refractivity contribution is 5.90. The molecule has 2 aromatic rings. The van der Waals surface area contributed by atoms with E-state index < -0.39 is 5.60 Å². The monoisotopic (exact) mass is 359 g/mol. The molecule has 0 spiro atoms. The quantitative estimate of drug-likeness (QED) is 0.720. The third-order valence-corrected chi connectivity index (χ3v) is 4.38. The van der Waals surface area contributed by atoms with Crippen LogP contribution < -0.4 is 4.74 Å². The summed E-state index contributed by atoms with van der Waals surface area (Å²) in [5.74, 6) is 0.522. The average Bonchev–Trinajstić information content (AvgIpc) is 3.10. The number of benzene rings is 1. The maximum absolute atomic E-state index is 9.82. The summed E-state index contributed by atoms with van der Waals surface area (Å²) >= 11 is 0. The number of allylic oxidation sites excluding steroid dienone is 4. The van der Waals surface area contributed by atoms with Crippen LogP contribution in [0, 0.1) is 6.92 Å². The van der Waals surface area contributed by atoms with E-state index >= 15 is 0 Å². The van der Waals surface area contributed by atoms with E-state index in [2.05, 4.69) is 54.6 Å². The van der Waals surface area contributed by atoms with Gasteiger partial charge >= 0.3 is 0 Å². The van der Waals surface area contributed by atoms with Crippen molar-refractivity contribution in [2.45, 2.75) is 32.8 Å². The highest BCUT2D eigenvalue weighted by atomic mass is 16.5. The highest BCUT2D eigenvalue weighted by Gasteiger charge is 2.16. The van der Waals surface area contributed by atoms with Gasteiger partial charge in [-0.1, -0.05) is 36.9 Å². The van der Waals surface area contributed by atoms with Crippen molar-refractivity contribution in [3.63, 3.8) is 0 Å². The minimum Gasteiger partial charge on any atom is -0.475 e. The maximum Gasteiger partial charge on any atom is 0.213 e. The predicted octanol–water partition coefficient (Wildman–Crippen LogP) is 5.21. The normalized spacial score (nSPS) is 13.6. The van der Waals surface area contributed by atoms with Gasteiger partial charge in [0, 0.05) is 12.3 Å². The maximum atomic E-state index is 9.82. The van der Waals surface area contributed by atoms with Crippen molar-refractivity contribution in [3.8, 4) is 5.88 Å². The summed E-state index contributed by atoms with van der Waals surface area (Å²) < 4.78 is 5.61. The zero-order valence-electron chi connectivity index (χ0n) is 16.1. The molecule has 0 fully saturated rings. The number of nitrogens with zero attached hydrogens (tertiary/aromatic N) is 1. The second-order valence-electron chi connectivity index (χ2n) is 7.44. The van der Waals surface area contributed by atoms with Crippen molar-refractivity contribution in [3.05, 3.63) is 83.2 Å². The fourth-order valence-corrected chi connectivity index (χ4v) is 3.09. The molecule has 0 amide bonds. The Morgan fingerprint density at radius 3 is 2.81 bits per heavy atom. The summed E-state index contributed by atoms with van der Waals surface area (Å²) in [5.41, 5.74) is 9.07. The third-order valence-electron chi connectivity index (χ3n) is 4.38. The lowest BCUT2D eigenvalue weighted by atomic mass is 9.97. The fourth-order valence-electron chi connectivity index (χ4n) is 3.09. The average molecular weight is 359 g/mol. The Morgan fingerprint density at radius 1 is 1.30 bits per heavy atom. The van der Waals surface area contributed by atoms with Crippen molar-refractivity contribution in [1.82, 2.24) is 4.98 Å². The summed E-state index contributed by atoms with van der Waals surface area (Å²) in [4.78, 5) is 4.24. The Hall–Kier alpha value is -2.87. The van der Waals surface area contributed by atoms with Crippen LogP contribution in [0.5, 0.6) is 5.88 Å². The summed E-state index contributed by atoms with van der Waals surface area (Å²) in [6.45, 7) is 9.39. The van der Waals surface area contributed by atoms with Gasteiger partial charge in [0.15, 0.2) is 0 Å². The second kappa shape index (κ2) is 7.79. The Balaban J connectivity index is 1.80. The van der Waals surface area contributed by atoms with Crippen LogP contribution in [0.25, 0.3) is 17.2 Å². The van der Waals surface area contributed by atoms with E-state index in [1.54, 1.807) is 20.0 Å². The van der Waals surface area contributed by atoms with E-state index in [0.29, 0.717) is 5.88 Å². The first-order chi connectivity index (χ1) is 12.9. The molecule has 1 N–H and O–H groups in total. The predicted molar refractivity (Wildman–Crippen MR) is 111 cm³/mol. The first kappa shape index (κ1) is 18.9. The number of aryl methyl sites for hydroxylation is 1. The van der Waals surface area contributed by atoms with Crippen molar-refractivity contribution in [2.75, 3.05) is 6.61 Å². The van der Waals surface area contributed by atoms with Gasteiger partial charge in [0.25, 0.3) is 0 Å². The minimum atomic E-state index is -0.887. The third kappa shape index (κ3) is 4.85. The number of pyridine rings is 1. The SMILES string of the molecule is C=C=Cc1ccc(C2=CC(c3ccnc(OCC(C)(C)O)c3)=CC2)c(C)c1. The van der Waals surface area contributed by atoms with Gasteiger partial charge in [-0.2, -0.15) is 0 Å². The Kier molecular flexibility index (Phi) is 5.46. The van der Waals surface area contributed by atoms with Gasteiger partial charge in [0.2, 0.25) is 5.88 Å². The van der Waals surface area contributed by atoms with Crippen molar-refractivity contribution >= 4 is 17.2 Å². The molecule has 0 bridgehead atoms. The summed E-state index contributed by atoms with van der Waals surface area (Å²) in [6, 6.07) is 10.3. The largest absolute Gasteiger partial charge is 0.475 e. The molecule has 0 atom stereocenters. The molecule has 0 saturated heterocycles. The minimum absolute atomic E-state index is 0.203. The lowest BCUT2D eigenvalue weighted by molar-refractivity contribution is 0.0268. The lowest BCUT2D eigenvalue weighted by Crippen LogP contribution is -2.28. The summed E-state index contributed by atoms with van der Waals surface area (Å²) in [7, 11) is 0. The van der Waals surface area contributed by atoms with Crippen LogP contribution in [-0.2, 0) is 0 Å². The molecule has 1 aromatic carbocycles. The molecule has 27 heavy (non-hydrogen) atoms. The number of hydrogen-bond donors (Lipinski definition) is 1. The van der Waals surface area contributed by atoms with Gasteiger partial charge in [-0.25, -0.2) is 4.98 Å². The molecule has 3 rings (SSSR count). The van der Waals surface area contributed by atoms with Gasteiger partial charge < -0.3 is 9.84 Å². The van der Waals surface area contributed by atoms with Gasteiger partial charge in [-0.05, 0) is 72.7 Å². The molecule has 1 aromatic heterocycles. The molecule has 1 aliphatic rings. The molecule has 1 aliphatic carbocycles. The Bertz CT molecular complexity index is 955. The molecular weight excluding hydrogens is 334 g/mol. The van der Waals surface area contributed by atoms with E-state index in [4.69, 9.17) is 4.74 Å². The van der Waals surface area contributed by atoms with Gasteiger partial charge in [-0.3, -0.25) is 0 Å². The van der Waals surface area contributed by atoms with Crippen LogP contribution in [0.1, 0.15) is 42.5 Å². The van der Waals surface area contributed by atoms with Crippen LogP contribution in [0.4, 0.5) is 0 Å². The number of rotatable bonds is 6. The van der Waals surface area contributed by atoms with E-state index in [1.807, 2.05) is 18.2 Å². The first-order valence-corrected chi connectivity index (χ1v) is 9.05. The van der Waals surface area contributed by atoms with E-state index in [0.717, 1.165) is 23.1 Å². The zero-order chi connectivity index (χ0) is 19.4. The molecule has 138 valence electrons. The fraction of sp³-hybridized carbons (Fsp3) is 0.250. The Labute approximate surface area is 161 Å². The van der Waals surface area contributed by atoms with Gasteiger partial charge in [0.1, 0.15) is 6.61 Å². The lowest BCUT2D eigenvalue weighted by Gasteiger charge is -2.17. The zero-order valence-corrected chi connectivity index (χ0v) is 16.1. The second-order valence-corrected chi connectivity index (χ2v) is 7.44. The van der Waals surface area contributed by atoms with Gasteiger partial charge in [0.05, 0.1) is 5.60 Å². The number of ether oxygens (including phenoxy) is 1. The van der Waals surface area contributed by atoms with E-state index in [1.165, 1.54) is 16.7 Å². The molecule has 3 heteroatoms. The van der Waals surface area contributed by atoms with Crippen LogP contribution in [0.15, 0.2) is 61.0 Å². The molecule has 3 nitrogen and oxygen atoms in total. The number of hydrogen-bond acceptors (Lipinski definition) is 3. The van der Waals surface area contributed by atoms with E-state index in [9.17, 15) is 5.11 Å². The van der Waals surface area contributed by atoms with Crippen LogP contribution in [0.2, 0.25) is 0 Å². The molecule has 0 aliphatic heterocycles. The van der Waals surface area contributed by atoms with Crippen LogP contribution >= 0.6 is 0 Å². The van der Waals surface area contributed by atoms with Crippen LogP contribution in [0.3, 0.4) is 0 Å². The Morgan fingerprint density at radius 2 is 2.11 bits per heavy atom. The number of aliphatic hydroxyl groups is 1. The van der Waals surface area contributed by atoms with Crippen molar-refractivity contribution < 1.29 is 9.84 Å². The molecule has 0 unspecified atom stereocenters. The molecule has 1 heterocycles. The van der Waals surface area contributed by atoms with Crippen LogP contribution in [-0.4, -0.2) is 22.3 Å². The van der Waals surface area contributed by atoms with Crippen molar-refractivity contribution in [1.29, 1.82) is 0 Å². The highest BCUT2D eigenvalue weighted by Crippen LogP contribution is 2.34. The molecule has 0 radical (unpaired) electrons. The first-order valence-electron chi connectivity index (χ1n) is 9.05. The summed E-state index contributed by atoms with van der Waals surface area (Å²) in [6.07, 6.45) is 8.97. The topological polar surface area (TPSA) is 42.4 Å². The molecule has 0 saturated carbocycles. The smallest absolute Gasteiger partial charge is 0.213 e. The van der Waals surface area contributed by atoms with E-state index in [-0.39, 0.29) is 6.61 Å². The molecular formula is C24H25NO2. The van der Waals surface area contributed by atoms with Crippen molar-refractivity contribution in [2.24, 2.45) is 0 Å². The standard InChI is InChI=1S/C24H25NO2/c1-5-6-18-7-10-22(17(2)13-18)21-9-8-19(14-21)20-11-12-25-23(15-20)27-16-24(3,4)26/h6-8,10-15,26H,1,9,16H2,2-4H3. The van der Waals surface area contributed by atoms with Gasteiger partial charge in [-0.15, -0.1) is 5.73 Å². The number of aromatic nitrogens is 1.